The number of fused-ring (bicyclic) bond motifs is 1. The van der Waals surface area contributed by atoms with Crippen molar-refractivity contribution < 1.29 is 34.0 Å². The van der Waals surface area contributed by atoms with E-state index in [1.54, 1.807) is 0 Å². The zero-order valence-corrected chi connectivity index (χ0v) is 21.4. The zero-order chi connectivity index (χ0) is 28.9. The minimum atomic E-state index is -1.38. The van der Waals surface area contributed by atoms with Gasteiger partial charge in [0.2, 0.25) is 17.7 Å². The van der Waals surface area contributed by atoms with E-state index in [1.807, 2.05) is 0 Å². The second-order valence-corrected chi connectivity index (χ2v) is 9.18. The molecule has 0 unspecified atom stereocenters. The molecule has 4 amide bonds. The average molecular weight is 550 g/mol. The molecule has 0 spiro atoms. The van der Waals surface area contributed by atoms with E-state index in [0.717, 1.165) is 6.07 Å². The number of amides is 4. The first-order valence-electron chi connectivity index (χ1n) is 12.7. The molecule has 15 heteroatoms. The van der Waals surface area contributed by atoms with Crippen LogP contribution < -0.4 is 32.7 Å². The van der Waals surface area contributed by atoms with E-state index in [0.29, 0.717) is 38.8 Å². The third-order valence-electron chi connectivity index (χ3n) is 6.20. The van der Waals surface area contributed by atoms with Crippen LogP contribution in [0.1, 0.15) is 61.7 Å². The summed E-state index contributed by atoms with van der Waals surface area (Å²) in [6.07, 6.45) is 1.59. The number of primary amides is 1. The number of rotatable bonds is 9. The van der Waals surface area contributed by atoms with Crippen LogP contribution in [0.25, 0.3) is 0 Å². The van der Waals surface area contributed by atoms with Gasteiger partial charge in [0.1, 0.15) is 18.1 Å². The fraction of sp³-hybridized carbons (Fsp3) is 0.542. The molecule has 1 aliphatic rings. The van der Waals surface area contributed by atoms with E-state index in [2.05, 4.69) is 21.3 Å². The summed E-state index contributed by atoms with van der Waals surface area (Å²) in [5.74, 6) is -4.28. The van der Waals surface area contributed by atoms with Crippen LogP contribution in [-0.4, -0.2) is 70.8 Å². The Balaban J connectivity index is 2.46. The first kappa shape index (κ1) is 31.0. The van der Waals surface area contributed by atoms with Gasteiger partial charge >= 0.3 is 5.97 Å². The topological polar surface area (TPSA) is 249 Å². The molecule has 0 saturated heterocycles. The Morgan fingerprint density at radius 2 is 1.72 bits per heavy atom. The number of nitrogens with one attached hydrogen (secondary N) is 4. The predicted molar refractivity (Wildman–Crippen MR) is 140 cm³/mol. The van der Waals surface area contributed by atoms with Crippen molar-refractivity contribution in [3.63, 3.8) is 0 Å². The number of hydrogen-bond donors (Lipinski definition) is 7. The van der Waals surface area contributed by atoms with Crippen molar-refractivity contribution in [1.29, 1.82) is 0 Å². The Morgan fingerprint density at radius 3 is 2.36 bits per heavy atom. The molecular weight excluding hydrogens is 514 g/mol. The van der Waals surface area contributed by atoms with Crippen molar-refractivity contribution in [2.75, 3.05) is 18.4 Å². The fourth-order valence-electron chi connectivity index (χ4n) is 4.05. The van der Waals surface area contributed by atoms with Crippen molar-refractivity contribution >= 4 is 41.0 Å². The number of anilines is 1. The third kappa shape index (κ3) is 9.85. The number of carbonyl (C=O) groups is 5. The molecule has 0 bridgehead atoms. The maximum absolute atomic E-state index is 13.2. The third-order valence-corrected chi connectivity index (χ3v) is 6.20. The largest absolute Gasteiger partial charge is 0.481 e. The van der Waals surface area contributed by atoms with Crippen molar-refractivity contribution in [2.24, 2.45) is 11.5 Å². The van der Waals surface area contributed by atoms with Gasteiger partial charge < -0.3 is 37.8 Å². The minimum absolute atomic E-state index is 0.114. The highest BCUT2D eigenvalue weighted by Crippen LogP contribution is 2.23. The summed E-state index contributed by atoms with van der Waals surface area (Å²) in [6.45, 7) is 0.672. The number of benzene rings is 1. The molecule has 9 N–H and O–H groups in total. The average Bonchev–Trinajstić information content (AvgIpc) is 2.88. The Morgan fingerprint density at radius 1 is 1.03 bits per heavy atom. The van der Waals surface area contributed by atoms with E-state index in [-0.39, 0.29) is 36.2 Å². The molecule has 1 aromatic rings. The summed E-state index contributed by atoms with van der Waals surface area (Å²) in [7, 11) is 0. The lowest BCUT2D eigenvalue weighted by atomic mass is 10.0. The second kappa shape index (κ2) is 15.2. The molecule has 39 heavy (non-hydrogen) atoms. The van der Waals surface area contributed by atoms with Crippen LogP contribution in [0.4, 0.5) is 11.4 Å². The lowest BCUT2D eigenvalue weighted by Gasteiger charge is -2.25. The highest BCUT2D eigenvalue weighted by Gasteiger charge is 2.30. The SMILES string of the molecule is NCCCC[C@@H]1NC(=O)[C@H](CCC(=O)O)NC(=O)c2cc([N+](=O)[O-])ccc2NCCCC[C@@H](C(N)=O)NC1=O. The number of carboxylic acids is 1. The molecule has 2 rings (SSSR count). The number of carboxylic acid groups (broad SMARTS) is 1. The molecule has 1 aromatic carbocycles. The van der Waals surface area contributed by atoms with Crippen LogP contribution in [0, 0.1) is 10.1 Å². The van der Waals surface area contributed by atoms with Gasteiger partial charge in [0.15, 0.2) is 0 Å². The van der Waals surface area contributed by atoms with Crippen molar-refractivity contribution in [1.82, 2.24) is 16.0 Å². The molecule has 0 saturated carbocycles. The number of carbonyl (C=O) groups excluding carboxylic acids is 4. The molecule has 0 aromatic heterocycles. The molecular formula is C24H35N7O8. The summed E-state index contributed by atoms with van der Waals surface area (Å²) in [4.78, 5) is 73.3. The predicted octanol–water partition coefficient (Wildman–Crippen LogP) is -0.262. The summed E-state index contributed by atoms with van der Waals surface area (Å²) in [5.41, 5.74) is 10.8. The van der Waals surface area contributed by atoms with Gasteiger partial charge in [-0.15, -0.1) is 0 Å². The first-order chi connectivity index (χ1) is 18.5. The van der Waals surface area contributed by atoms with E-state index in [1.165, 1.54) is 12.1 Å². The quantitative estimate of drug-likeness (QED) is 0.121. The van der Waals surface area contributed by atoms with E-state index >= 15 is 0 Å². The van der Waals surface area contributed by atoms with Gasteiger partial charge in [-0.1, -0.05) is 0 Å². The summed E-state index contributed by atoms with van der Waals surface area (Å²) < 4.78 is 0. The second-order valence-electron chi connectivity index (χ2n) is 9.18. The number of nitro groups is 1. The summed E-state index contributed by atoms with van der Waals surface area (Å²) in [6, 6.07) is 0.151. The van der Waals surface area contributed by atoms with Crippen LogP contribution in [0.15, 0.2) is 18.2 Å². The monoisotopic (exact) mass is 549 g/mol. The van der Waals surface area contributed by atoms with Crippen LogP contribution in [-0.2, 0) is 19.2 Å². The van der Waals surface area contributed by atoms with Gasteiger partial charge in [-0.25, -0.2) is 0 Å². The molecule has 0 aliphatic carbocycles. The number of aliphatic carboxylic acids is 1. The van der Waals surface area contributed by atoms with Crippen LogP contribution in [0.2, 0.25) is 0 Å². The number of hydrogen-bond acceptors (Lipinski definition) is 9. The van der Waals surface area contributed by atoms with Gasteiger partial charge in [-0.2, -0.15) is 0 Å². The maximum atomic E-state index is 13.2. The van der Waals surface area contributed by atoms with E-state index in [4.69, 9.17) is 16.6 Å². The van der Waals surface area contributed by atoms with Gasteiger partial charge in [-0.05, 0) is 57.6 Å². The molecule has 1 heterocycles. The van der Waals surface area contributed by atoms with Crippen LogP contribution >= 0.6 is 0 Å². The molecule has 3 atom stereocenters. The number of nitro benzene ring substituents is 1. The van der Waals surface area contributed by atoms with Crippen molar-refractivity contribution in [3.8, 4) is 0 Å². The lowest BCUT2D eigenvalue weighted by Crippen LogP contribution is -2.56. The number of nitrogens with two attached hydrogens (primary N) is 2. The smallest absolute Gasteiger partial charge is 0.303 e. The Kier molecular flexibility index (Phi) is 12.1. The van der Waals surface area contributed by atoms with E-state index < -0.39 is 59.1 Å². The Labute approximate surface area is 224 Å². The number of non-ortho nitro benzene ring substituents is 1. The number of nitrogens with zero attached hydrogens (tertiary/aromatic N) is 1. The lowest BCUT2D eigenvalue weighted by molar-refractivity contribution is -0.384. The molecule has 15 nitrogen and oxygen atoms in total. The maximum Gasteiger partial charge on any atom is 0.303 e. The number of unbranched alkanes of at least 4 members (excludes halogenated alkanes) is 1. The van der Waals surface area contributed by atoms with Gasteiger partial charge in [-0.3, -0.25) is 34.1 Å². The summed E-state index contributed by atoms with van der Waals surface area (Å²) >= 11 is 0. The minimum Gasteiger partial charge on any atom is -0.481 e. The van der Waals surface area contributed by atoms with E-state index in [9.17, 15) is 34.1 Å². The normalized spacial score (nSPS) is 20.9. The van der Waals surface area contributed by atoms with Crippen LogP contribution in [0.5, 0.6) is 0 Å². The van der Waals surface area contributed by atoms with Crippen molar-refractivity contribution in [3.05, 3.63) is 33.9 Å². The zero-order valence-electron chi connectivity index (χ0n) is 21.4. The van der Waals surface area contributed by atoms with Gasteiger partial charge in [0.05, 0.1) is 10.5 Å². The van der Waals surface area contributed by atoms with Crippen molar-refractivity contribution in [2.45, 2.75) is 69.5 Å². The van der Waals surface area contributed by atoms with Gasteiger partial charge in [0.25, 0.3) is 11.6 Å². The Hall–Kier alpha value is -4.27. The molecule has 0 radical (unpaired) electrons. The van der Waals surface area contributed by atoms with Gasteiger partial charge in [0, 0.05) is 30.8 Å². The Bertz CT molecular complexity index is 1080. The molecule has 214 valence electrons. The molecule has 1 aliphatic heterocycles. The fourth-order valence-corrected chi connectivity index (χ4v) is 4.05. The molecule has 0 fully saturated rings. The summed E-state index contributed by atoms with van der Waals surface area (Å²) in [5, 5.41) is 31.1. The standard InChI is InChI=1S/C24H35N7O8/c25-11-3-1-6-18-23(36)28-17(21(26)34)5-2-4-12-27-16-8-7-14(31(38)39)13-15(16)22(35)29-19(24(37)30-18)9-10-20(32)33/h7-8,13,17-19,27H,1-6,9-12,25H2,(H2,26,34)(H,28,36)(H,29,35)(H,30,37)(H,32,33)/t17-,18-,19-/m0/s1. The van der Waals surface area contributed by atoms with Crippen LogP contribution in [0.3, 0.4) is 0 Å². The highest BCUT2D eigenvalue weighted by molar-refractivity contribution is 6.03. The first-order valence-corrected chi connectivity index (χ1v) is 12.7. The highest BCUT2D eigenvalue weighted by atomic mass is 16.6.